The van der Waals surface area contributed by atoms with E-state index < -0.39 is 0 Å². The van der Waals surface area contributed by atoms with Gasteiger partial charge in [-0.05, 0) is 31.9 Å². The number of nitrogens with one attached hydrogen (secondary N) is 1. The second-order valence-electron chi connectivity index (χ2n) is 6.81. The molecule has 2 aromatic heterocycles. The number of rotatable bonds is 3. The molecule has 1 saturated heterocycles. The van der Waals surface area contributed by atoms with Gasteiger partial charge in [-0.2, -0.15) is 0 Å². The summed E-state index contributed by atoms with van der Waals surface area (Å²) in [6.07, 6.45) is 3.54. The maximum atomic E-state index is 12.9. The third-order valence-electron chi connectivity index (χ3n) is 4.88. The number of aromatic nitrogens is 3. The monoisotopic (exact) mass is 398 g/mol. The van der Waals surface area contributed by atoms with Gasteiger partial charge in [0.05, 0.1) is 33.7 Å². The summed E-state index contributed by atoms with van der Waals surface area (Å²) in [5, 5.41) is 3.97. The number of nitrogens with two attached hydrogens (primary N) is 1. The van der Waals surface area contributed by atoms with Crippen LogP contribution in [0.1, 0.15) is 29.5 Å². The molecule has 1 aliphatic heterocycles. The van der Waals surface area contributed by atoms with E-state index in [4.69, 9.17) is 10.5 Å². The summed E-state index contributed by atoms with van der Waals surface area (Å²) in [5.41, 5.74) is 8.11. The number of carbonyl (C=O) groups excluding carboxylic acids is 1. The number of thiazole rings is 1. The van der Waals surface area contributed by atoms with E-state index >= 15 is 0 Å². The quantitative estimate of drug-likeness (QED) is 0.700. The molecule has 0 saturated carbocycles. The number of fused-ring (bicyclic) bond motifs is 1. The summed E-state index contributed by atoms with van der Waals surface area (Å²) < 4.78 is 6.47. The lowest BCUT2D eigenvalue weighted by Gasteiger charge is -2.32. The van der Waals surface area contributed by atoms with E-state index in [9.17, 15) is 4.79 Å². The number of carbonyl (C=O) groups is 1. The number of hydrogen-bond donors (Lipinski definition) is 2. The molecule has 0 bridgehead atoms. The van der Waals surface area contributed by atoms with Crippen molar-refractivity contribution < 1.29 is 9.53 Å². The maximum Gasteiger partial charge on any atom is 0.321 e. The van der Waals surface area contributed by atoms with E-state index in [0.29, 0.717) is 24.5 Å². The second-order valence-corrected chi connectivity index (χ2v) is 8.04. The van der Waals surface area contributed by atoms with E-state index in [-0.39, 0.29) is 17.9 Å². The Hall–Kier alpha value is -2.94. The van der Waals surface area contributed by atoms with Crippen LogP contribution < -0.4 is 15.8 Å². The van der Waals surface area contributed by atoms with Gasteiger partial charge in [-0.1, -0.05) is 0 Å². The molecule has 8 nitrogen and oxygen atoms in total. The van der Waals surface area contributed by atoms with Gasteiger partial charge in [-0.25, -0.2) is 19.7 Å². The number of aryl methyl sites for hydroxylation is 1. The maximum absolute atomic E-state index is 12.9. The third-order valence-corrected chi connectivity index (χ3v) is 5.81. The van der Waals surface area contributed by atoms with Gasteiger partial charge in [-0.15, -0.1) is 11.3 Å². The topological polar surface area (TPSA) is 106 Å². The molecule has 0 radical (unpaired) electrons. The number of amides is 2. The standard InChI is InChI=1S/C19H22N6O2S/c1-11-22-15-8-16(27-2)14(9-17(15)28-11)24-19(26)25-7-3-4-12(10-25)13-5-6-21-18(20)23-13/h5-6,8-9,12H,3-4,7,10H2,1-2H3,(H,24,26)(H2,20,21,23). The number of piperidine rings is 1. The lowest BCUT2D eigenvalue weighted by atomic mass is 9.95. The van der Waals surface area contributed by atoms with E-state index in [0.717, 1.165) is 33.8 Å². The molecule has 146 valence electrons. The molecule has 3 N–H and O–H groups in total. The molecule has 1 unspecified atom stereocenters. The largest absolute Gasteiger partial charge is 0.494 e. The zero-order chi connectivity index (χ0) is 19.7. The highest BCUT2D eigenvalue weighted by molar-refractivity contribution is 7.18. The van der Waals surface area contributed by atoms with Crippen molar-refractivity contribution in [2.24, 2.45) is 0 Å². The van der Waals surface area contributed by atoms with Crippen LogP contribution in [0.2, 0.25) is 0 Å². The van der Waals surface area contributed by atoms with Gasteiger partial charge in [0.2, 0.25) is 5.95 Å². The molecule has 3 heterocycles. The first-order valence-corrected chi connectivity index (χ1v) is 9.94. The van der Waals surface area contributed by atoms with Crippen LogP contribution in [0.25, 0.3) is 10.2 Å². The van der Waals surface area contributed by atoms with Gasteiger partial charge >= 0.3 is 6.03 Å². The Labute approximate surface area is 166 Å². The first kappa shape index (κ1) is 18.4. The van der Waals surface area contributed by atoms with Crippen molar-refractivity contribution in [3.8, 4) is 5.75 Å². The second kappa shape index (κ2) is 7.59. The lowest BCUT2D eigenvalue weighted by molar-refractivity contribution is 0.192. The summed E-state index contributed by atoms with van der Waals surface area (Å²) >= 11 is 1.59. The van der Waals surface area contributed by atoms with Gasteiger partial charge in [0.1, 0.15) is 5.75 Å². The first-order valence-electron chi connectivity index (χ1n) is 9.13. The predicted molar refractivity (Wildman–Crippen MR) is 110 cm³/mol. The molecule has 28 heavy (non-hydrogen) atoms. The Morgan fingerprint density at radius 2 is 2.25 bits per heavy atom. The van der Waals surface area contributed by atoms with Crippen LogP contribution in [-0.4, -0.2) is 46.1 Å². The fourth-order valence-corrected chi connectivity index (χ4v) is 4.40. The molecule has 4 rings (SSSR count). The Bertz CT molecular complexity index is 1020. The highest BCUT2D eigenvalue weighted by Crippen LogP contribution is 2.34. The summed E-state index contributed by atoms with van der Waals surface area (Å²) in [4.78, 5) is 27.5. The van der Waals surface area contributed by atoms with Crippen molar-refractivity contribution in [2.45, 2.75) is 25.7 Å². The summed E-state index contributed by atoms with van der Waals surface area (Å²) in [6.45, 7) is 3.25. The van der Waals surface area contributed by atoms with Crippen molar-refractivity contribution in [1.29, 1.82) is 0 Å². The van der Waals surface area contributed by atoms with E-state index in [1.165, 1.54) is 0 Å². The lowest BCUT2D eigenvalue weighted by Crippen LogP contribution is -2.41. The van der Waals surface area contributed by atoms with Gasteiger partial charge in [0.15, 0.2) is 0 Å². The van der Waals surface area contributed by atoms with Crippen molar-refractivity contribution in [1.82, 2.24) is 19.9 Å². The van der Waals surface area contributed by atoms with Crippen LogP contribution in [0.4, 0.5) is 16.4 Å². The van der Waals surface area contributed by atoms with Gasteiger partial charge in [0.25, 0.3) is 0 Å². The average molecular weight is 398 g/mol. The van der Waals surface area contributed by atoms with Gasteiger partial charge in [-0.3, -0.25) is 0 Å². The molecule has 0 spiro atoms. The number of ether oxygens (including phenoxy) is 1. The number of urea groups is 1. The van der Waals surface area contributed by atoms with Crippen molar-refractivity contribution in [3.63, 3.8) is 0 Å². The number of anilines is 2. The number of methoxy groups -OCH3 is 1. The number of nitrogens with zero attached hydrogens (tertiary/aromatic N) is 4. The minimum absolute atomic E-state index is 0.148. The highest BCUT2D eigenvalue weighted by atomic mass is 32.1. The van der Waals surface area contributed by atoms with Crippen LogP contribution >= 0.6 is 11.3 Å². The molecule has 0 aliphatic carbocycles. The fourth-order valence-electron chi connectivity index (χ4n) is 3.55. The highest BCUT2D eigenvalue weighted by Gasteiger charge is 2.26. The molecular formula is C19H22N6O2S. The molecule has 1 fully saturated rings. The van der Waals surface area contributed by atoms with Gasteiger partial charge < -0.3 is 20.7 Å². The smallest absolute Gasteiger partial charge is 0.321 e. The number of benzene rings is 1. The summed E-state index contributed by atoms with van der Waals surface area (Å²) in [7, 11) is 1.59. The summed E-state index contributed by atoms with van der Waals surface area (Å²) in [6, 6.07) is 5.50. The number of nitrogen functional groups attached to an aromatic ring is 1. The zero-order valence-electron chi connectivity index (χ0n) is 15.8. The minimum atomic E-state index is -0.148. The van der Waals surface area contributed by atoms with E-state index in [1.807, 2.05) is 30.0 Å². The van der Waals surface area contributed by atoms with Crippen LogP contribution in [0, 0.1) is 6.92 Å². The van der Waals surface area contributed by atoms with Crippen LogP contribution in [0.3, 0.4) is 0 Å². The SMILES string of the molecule is COc1cc2nc(C)sc2cc1NC(=O)N1CCCC(c2ccnc(N)n2)C1. The Morgan fingerprint density at radius 1 is 1.39 bits per heavy atom. The molecule has 3 aromatic rings. The Balaban J connectivity index is 1.52. The molecule has 1 aromatic carbocycles. The Morgan fingerprint density at radius 3 is 3.04 bits per heavy atom. The van der Waals surface area contributed by atoms with E-state index in [2.05, 4.69) is 20.3 Å². The average Bonchev–Trinajstić information content (AvgIpc) is 3.06. The van der Waals surface area contributed by atoms with Gasteiger partial charge in [0, 0.05) is 31.3 Å². The Kier molecular flexibility index (Phi) is 4.99. The third kappa shape index (κ3) is 3.70. The minimum Gasteiger partial charge on any atom is -0.494 e. The van der Waals surface area contributed by atoms with Crippen LogP contribution in [-0.2, 0) is 0 Å². The van der Waals surface area contributed by atoms with Crippen LogP contribution in [0.15, 0.2) is 24.4 Å². The van der Waals surface area contributed by atoms with Crippen molar-refractivity contribution in [3.05, 3.63) is 35.1 Å². The number of hydrogen-bond acceptors (Lipinski definition) is 7. The normalized spacial score (nSPS) is 16.9. The van der Waals surface area contributed by atoms with E-state index in [1.54, 1.807) is 24.6 Å². The predicted octanol–water partition coefficient (Wildman–Crippen LogP) is 3.40. The first-order chi connectivity index (χ1) is 13.5. The zero-order valence-corrected chi connectivity index (χ0v) is 16.6. The van der Waals surface area contributed by atoms with Crippen LogP contribution in [0.5, 0.6) is 5.75 Å². The number of likely N-dealkylation sites (tertiary alicyclic amines) is 1. The molecule has 1 aliphatic rings. The van der Waals surface area contributed by atoms with Crippen molar-refractivity contribution >= 4 is 39.2 Å². The molecular weight excluding hydrogens is 376 g/mol. The fraction of sp³-hybridized carbons (Fsp3) is 0.368. The molecule has 9 heteroatoms. The molecule has 2 amide bonds. The molecule has 1 atom stereocenters. The van der Waals surface area contributed by atoms with Crippen molar-refractivity contribution in [2.75, 3.05) is 31.2 Å². The summed E-state index contributed by atoms with van der Waals surface area (Å²) in [5.74, 6) is 1.01.